The number of aromatic nitrogens is 5. The van der Waals surface area contributed by atoms with Crippen LogP contribution in [0.4, 0.5) is 17.6 Å². The van der Waals surface area contributed by atoms with E-state index < -0.39 is 0 Å². The van der Waals surface area contributed by atoms with Crippen molar-refractivity contribution < 1.29 is 0 Å². The lowest BCUT2D eigenvalue weighted by Crippen LogP contribution is -2.11. The Bertz CT molecular complexity index is 1070. The number of imidazole rings is 1. The fourth-order valence-electron chi connectivity index (χ4n) is 2.74. The minimum Gasteiger partial charge on any atom is -0.368 e. The summed E-state index contributed by atoms with van der Waals surface area (Å²) in [5, 5.41) is 3.78. The van der Waals surface area contributed by atoms with E-state index in [1.165, 1.54) is 0 Å². The van der Waals surface area contributed by atoms with Crippen LogP contribution in [0.3, 0.4) is 0 Å². The molecule has 0 radical (unpaired) electrons. The van der Waals surface area contributed by atoms with Crippen molar-refractivity contribution in [1.29, 1.82) is 0 Å². The Balaban J connectivity index is 1.80. The predicted octanol–water partition coefficient (Wildman–Crippen LogP) is 3.75. The average molecular weight is 366 g/mol. The number of nitrogens with one attached hydrogen (secondary N) is 1. The number of halogens is 1. The minimum absolute atomic E-state index is 0.131. The van der Waals surface area contributed by atoms with Gasteiger partial charge in [0.05, 0.1) is 11.0 Å². The highest BCUT2D eigenvalue weighted by atomic mass is 35.5. The van der Waals surface area contributed by atoms with E-state index in [1.807, 2.05) is 47.9 Å². The lowest BCUT2D eigenvalue weighted by molar-refractivity contribution is 0.845. The third-order valence-electron chi connectivity index (χ3n) is 3.89. The highest BCUT2D eigenvalue weighted by Gasteiger charge is 2.15. The number of nitrogens with two attached hydrogens (primary N) is 1. The maximum Gasteiger partial charge on any atom is 0.242 e. The van der Waals surface area contributed by atoms with Crippen molar-refractivity contribution in [3.8, 4) is 5.95 Å². The number of fused-ring (bicyclic) bond motifs is 1. The lowest BCUT2D eigenvalue weighted by Gasteiger charge is -2.10. The first-order chi connectivity index (χ1) is 12.6. The first kappa shape index (κ1) is 16.3. The molecule has 0 amide bonds. The standard InChI is InChI=1S/C18H16ClN7/c1-2-15-22-13-5-3-4-6-14(13)26(15)18-24-16(20)23-17(25-18)21-12-9-7-11(19)8-10-12/h3-10H,2H2,1H3,(H3,20,21,23,24,25). The summed E-state index contributed by atoms with van der Waals surface area (Å²) in [4.78, 5) is 17.7. The van der Waals surface area contributed by atoms with E-state index in [1.54, 1.807) is 12.1 Å². The third kappa shape index (κ3) is 3.04. The zero-order valence-corrected chi connectivity index (χ0v) is 14.8. The summed E-state index contributed by atoms with van der Waals surface area (Å²) in [5.74, 6) is 1.77. The van der Waals surface area contributed by atoms with Gasteiger partial charge in [0.1, 0.15) is 5.82 Å². The summed E-state index contributed by atoms with van der Waals surface area (Å²) >= 11 is 5.92. The highest BCUT2D eigenvalue weighted by molar-refractivity contribution is 6.30. The van der Waals surface area contributed by atoms with Gasteiger partial charge in [-0.3, -0.25) is 4.57 Å². The molecule has 3 N–H and O–H groups in total. The van der Waals surface area contributed by atoms with Crippen LogP contribution in [0.1, 0.15) is 12.7 Å². The SMILES string of the molecule is CCc1nc2ccccc2n1-c1nc(N)nc(Nc2ccc(Cl)cc2)n1. The van der Waals surface area contributed by atoms with Crippen LogP contribution in [0, 0.1) is 0 Å². The number of aryl methyl sites for hydroxylation is 1. The number of anilines is 3. The maximum atomic E-state index is 5.92. The Morgan fingerprint density at radius 1 is 1.00 bits per heavy atom. The van der Waals surface area contributed by atoms with Gasteiger partial charge in [-0.05, 0) is 36.4 Å². The van der Waals surface area contributed by atoms with E-state index in [0.29, 0.717) is 16.9 Å². The molecule has 0 atom stereocenters. The van der Waals surface area contributed by atoms with Crippen molar-refractivity contribution in [2.45, 2.75) is 13.3 Å². The highest BCUT2D eigenvalue weighted by Crippen LogP contribution is 2.22. The first-order valence-corrected chi connectivity index (χ1v) is 8.52. The summed E-state index contributed by atoms with van der Waals surface area (Å²) < 4.78 is 1.90. The van der Waals surface area contributed by atoms with Crippen LogP contribution in [0.15, 0.2) is 48.5 Å². The number of nitrogens with zero attached hydrogens (tertiary/aromatic N) is 5. The van der Waals surface area contributed by atoms with Gasteiger partial charge in [-0.1, -0.05) is 30.7 Å². The second-order valence-electron chi connectivity index (χ2n) is 5.65. The fourth-order valence-corrected chi connectivity index (χ4v) is 2.86. The first-order valence-electron chi connectivity index (χ1n) is 8.15. The molecule has 0 aliphatic carbocycles. The van der Waals surface area contributed by atoms with Gasteiger partial charge in [0.15, 0.2) is 0 Å². The van der Waals surface area contributed by atoms with Gasteiger partial charge in [-0.2, -0.15) is 15.0 Å². The lowest BCUT2D eigenvalue weighted by atomic mass is 10.3. The molecule has 4 rings (SSSR count). The summed E-state index contributed by atoms with van der Waals surface area (Å²) in [6.45, 7) is 2.04. The van der Waals surface area contributed by atoms with E-state index >= 15 is 0 Å². The van der Waals surface area contributed by atoms with Gasteiger partial charge >= 0.3 is 0 Å². The Kier molecular flexibility index (Phi) is 4.14. The largest absolute Gasteiger partial charge is 0.368 e. The molecule has 2 heterocycles. The molecule has 0 spiro atoms. The van der Waals surface area contributed by atoms with Crippen LogP contribution < -0.4 is 11.1 Å². The van der Waals surface area contributed by atoms with Gasteiger partial charge in [-0.25, -0.2) is 4.98 Å². The summed E-state index contributed by atoms with van der Waals surface area (Å²) in [5.41, 5.74) is 8.53. The van der Waals surface area contributed by atoms with Crippen LogP contribution in [0.25, 0.3) is 17.0 Å². The molecule has 0 saturated heterocycles. The van der Waals surface area contributed by atoms with Crippen molar-refractivity contribution >= 4 is 40.2 Å². The normalized spacial score (nSPS) is 11.0. The molecule has 8 heteroatoms. The fraction of sp³-hybridized carbons (Fsp3) is 0.111. The Morgan fingerprint density at radius 3 is 2.54 bits per heavy atom. The molecule has 0 saturated carbocycles. The average Bonchev–Trinajstić information content (AvgIpc) is 3.02. The molecule has 4 aromatic rings. The van der Waals surface area contributed by atoms with E-state index in [2.05, 4.69) is 25.3 Å². The smallest absolute Gasteiger partial charge is 0.242 e. The zero-order chi connectivity index (χ0) is 18.1. The number of rotatable bonds is 4. The molecule has 0 bridgehead atoms. The molecule has 0 fully saturated rings. The van der Waals surface area contributed by atoms with Crippen molar-refractivity contribution in [3.63, 3.8) is 0 Å². The zero-order valence-electron chi connectivity index (χ0n) is 14.0. The Morgan fingerprint density at radius 2 is 1.77 bits per heavy atom. The summed E-state index contributed by atoms with van der Waals surface area (Å²) in [6.07, 6.45) is 0.736. The van der Waals surface area contributed by atoms with Crippen LogP contribution >= 0.6 is 11.6 Å². The second-order valence-corrected chi connectivity index (χ2v) is 6.09. The predicted molar refractivity (Wildman–Crippen MR) is 103 cm³/mol. The summed E-state index contributed by atoms with van der Waals surface area (Å²) in [7, 11) is 0. The molecule has 7 nitrogen and oxygen atoms in total. The molecule has 0 unspecified atom stereocenters. The Labute approximate surface area is 154 Å². The van der Waals surface area contributed by atoms with Gasteiger partial charge < -0.3 is 11.1 Å². The number of hydrogen-bond acceptors (Lipinski definition) is 6. The van der Waals surface area contributed by atoms with Crippen LogP contribution in [-0.2, 0) is 6.42 Å². The monoisotopic (exact) mass is 365 g/mol. The Hall–Kier alpha value is -3.19. The van der Waals surface area contributed by atoms with Crippen LogP contribution in [-0.4, -0.2) is 24.5 Å². The van der Waals surface area contributed by atoms with Gasteiger partial charge in [0, 0.05) is 17.1 Å². The number of benzene rings is 2. The molecular formula is C18H16ClN7. The molecule has 0 aliphatic heterocycles. The summed E-state index contributed by atoms with van der Waals surface area (Å²) in [6, 6.07) is 15.1. The number of hydrogen-bond donors (Lipinski definition) is 2. The van der Waals surface area contributed by atoms with Gasteiger partial charge in [-0.15, -0.1) is 0 Å². The molecule has 0 aliphatic rings. The third-order valence-corrected chi connectivity index (χ3v) is 4.14. The van der Waals surface area contributed by atoms with Crippen LogP contribution in [0.5, 0.6) is 0 Å². The van der Waals surface area contributed by atoms with E-state index in [-0.39, 0.29) is 5.95 Å². The number of para-hydroxylation sites is 2. The quantitative estimate of drug-likeness (QED) is 0.572. The second kappa shape index (κ2) is 6.61. The molecular weight excluding hydrogens is 350 g/mol. The van der Waals surface area contributed by atoms with Crippen molar-refractivity contribution in [3.05, 3.63) is 59.4 Å². The molecule has 2 aromatic heterocycles. The van der Waals surface area contributed by atoms with Gasteiger partial charge in [0.2, 0.25) is 17.8 Å². The van der Waals surface area contributed by atoms with Crippen LogP contribution in [0.2, 0.25) is 5.02 Å². The minimum atomic E-state index is 0.131. The number of nitrogen functional groups attached to an aromatic ring is 1. The topological polar surface area (TPSA) is 94.5 Å². The van der Waals surface area contributed by atoms with Gasteiger partial charge in [0.25, 0.3) is 0 Å². The molecule has 130 valence electrons. The van der Waals surface area contributed by atoms with Crippen molar-refractivity contribution in [2.24, 2.45) is 0 Å². The van der Waals surface area contributed by atoms with E-state index in [0.717, 1.165) is 29.0 Å². The van der Waals surface area contributed by atoms with E-state index in [9.17, 15) is 0 Å². The van der Waals surface area contributed by atoms with E-state index in [4.69, 9.17) is 17.3 Å². The van der Waals surface area contributed by atoms with Crippen molar-refractivity contribution in [1.82, 2.24) is 24.5 Å². The molecule has 26 heavy (non-hydrogen) atoms. The molecule has 2 aromatic carbocycles. The maximum absolute atomic E-state index is 5.92. The van der Waals surface area contributed by atoms with Crippen molar-refractivity contribution in [2.75, 3.05) is 11.1 Å².